The van der Waals surface area contributed by atoms with E-state index in [2.05, 4.69) is 14.9 Å². The molecule has 0 bridgehead atoms. The molecular formula is C39H46F2N6O6. The van der Waals surface area contributed by atoms with Crippen LogP contribution < -0.4 is 9.64 Å². The molecule has 4 fully saturated rings. The number of β-amino-alcohol motifs (C(OH)–C–C–N with tert-alkyl or cyclic N) is 1. The maximum absolute atomic E-state index is 17.0. The van der Waals surface area contributed by atoms with Gasteiger partial charge in [-0.3, -0.25) is 9.88 Å². The molecule has 3 atom stereocenters. The Hall–Kier alpha value is -4.40. The number of hydrogen-bond donors (Lipinski definition) is 2. The van der Waals surface area contributed by atoms with Gasteiger partial charge in [-0.25, -0.2) is 13.6 Å². The number of phenols is 1. The van der Waals surface area contributed by atoms with Crippen LogP contribution in [0, 0.1) is 11.6 Å². The van der Waals surface area contributed by atoms with Crippen LogP contribution in [-0.2, 0) is 15.9 Å². The summed E-state index contributed by atoms with van der Waals surface area (Å²) in [4.78, 5) is 32.7. The van der Waals surface area contributed by atoms with Crippen LogP contribution in [0.1, 0.15) is 57.9 Å². The molecule has 4 aliphatic heterocycles. The Kier molecular flexibility index (Phi) is 9.48. The molecule has 0 radical (unpaired) electrons. The van der Waals surface area contributed by atoms with Crippen molar-refractivity contribution in [2.24, 2.45) is 0 Å². The monoisotopic (exact) mass is 732 g/mol. The zero-order chi connectivity index (χ0) is 36.9. The van der Waals surface area contributed by atoms with E-state index < -0.39 is 17.2 Å². The van der Waals surface area contributed by atoms with Crippen molar-refractivity contribution in [2.75, 3.05) is 64.1 Å². The van der Waals surface area contributed by atoms with Crippen molar-refractivity contribution in [1.29, 1.82) is 0 Å². The quantitative estimate of drug-likeness (QED) is 0.235. The lowest BCUT2D eigenvalue weighted by Gasteiger charge is -2.38. The number of hydrogen-bond acceptors (Lipinski definition) is 11. The van der Waals surface area contributed by atoms with Crippen LogP contribution in [0.5, 0.6) is 11.8 Å². The van der Waals surface area contributed by atoms with E-state index in [0.29, 0.717) is 79.7 Å². The van der Waals surface area contributed by atoms with Gasteiger partial charge in [0.2, 0.25) is 0 Å². The van der Waals surface area contributed by atoms with E-state index in [1.165, 1.54) is 24.4 Å². The lowest BCUT2D eigenvalue weighted by atomic mass is 9.94. The van der Waals surface area contributed by atoms with Crippen molar-refractivity contribution in [1.82, 2.24) is 24.8 Å². The highest BCUT2D eigenvalue weighted by atomic mass is 19.1. The van der Waals surface area contributed by atoms with Gasteiger partial charge in [0.25, 0.3) is 0 Å². The number of amides is 1. The van der Waals surface area contributed by atoms with E-state index >= 15 is 8.78 Å². The van der Waals surface area contributed by atoms with Gasteiger partial charge in [0.15, 0.2) is 5.82 Å². The maximum Gasteiger partial charge on any atom is 0.409 e. The first kappa shape index (κ1) is 35.6. The number of rotatable bonds is 8. The van der Waals surface area contributed by atoms with E-state index in [1.807, 2.05) is 11.8 Å². The molecule has 12 nitrogen and oxygen atoms in total. The third kappa shape index (κ3) is 6.69. The Morgan fingerprint density at radius 2 is 1.89 bits per heavy atom. The predicted molar refractivity (Wildman–Crippen MR) is 194 cm³/mol. The number of aryl methyl sites for hydroxylation is 1. The Bertz CT molecular complexity index is 2040. The first-order valence-electron chi connectivity index (χ1n) is 18.7. The molecule has 14 heteroatoms. The third-order valence-corrected chi connectivity index (χ3v) is 11.6. The molecule has 0 saturated carbocycles. The third-order valence-electron chi connectivity index (χ3n) is 11.6. The van der Waals surface area contributed by atoms with E-state index in [1.54, 1.807) is 17.9 Å². The van der Waals surface area contributed by atoms with Gasteiger partial charge >= 0.3 is 12.1 Å². The molecule has 2 aromatic heterocycles. The fraction of sp³-hybridized carbons (Fsp3) is 0.538. The number of aliphatic hydroxyl groups is 1. The van der Waals surface area contributed by atoms with Crippen molar-refractivity contribution in [3.63, 3.8) is 0 Å². The van der Waals surface area contributed by atoms with Gasteiger partial charge in [0, 0.05) is 44.0 Å². The Morgan fingerprint density at radius 1 is 1.08 bits per heavy atom. The van der Waals surface area contributed by atoms with Crippen molar-refractivity contribution in [3.05, 3.63) is 47.7 Å². The number of carbonyl (C=O) groups is 1. The van der Waals surface area contributed by atoms with E-state index in [4.69, 9.17) is 19.2 Å². The first-order chi connectivity index (χ1) is 25.6. The zero-order valence-corrected chi connectivity index (χ0v) is 30.2. The van der Waals surface area contributed by atoms with Crippen LogP contribution in [0.2, 0.25) is 0 Å². The summed E-state index contributed by atoms with van der Waals surface area (Å²) >= 11 is 0. The molecule has 0 spiro atoms. The summed E-state index contributed by atoms with van der Waals surface area (Å²) in [6, 6.07) is 5.89. The minimum Gasteiger partial charge on any atom is -0.508 e. The highest BCUT2D eigenvalue weighted by Crippen LogP contribution is 2.44. The van der Waals surface area contributed by atoms with Crippen LogP contribution >= 0.6 is 0 Å². The van der Waals surface area contributed by atoms with Gasteiger partial charge in [-0.05, 0) is 92.9 Å². The number of carbonyl (C=O) groups excluding carboxylic acids is 1. The van der Waals surface area contributed by atoms with E-state index in [9.17, 15) is 15.0 Å². The fourth-order valence-electron chi connectivity index (χ4n) is 8.94. The predicted octanol–water partition coefficient (Wildman–Crippen LogP) is 5.59. The summed E-state index contributed by atoms with van der Waals surface area (Å²) in [6.07, 6.45) is 6.40. The second-order valence-electron chi connectivity index (χ2n) is 15.2. The highest BCUT2D eigenvalue weighted by Gasteiger charge is 2.50. The Labute approximate surface area is 306 Å². The molecular weight excluding hydrogens is 686 g/mol. The van der Waals surface area contributed by atoms with E-state index in [0.717, 1.165) is 32.2 Å². The lowest BCUT2D eigenvalue weighted by Crippen LogP contribution is -2.49. The topological polar surface area (TPSA) is 134 Å². The summed E-state index contributed by atoms with van der Waals surface area (Å²) in [5, 5.41) is 23.1. The van der Waals surface area contributed by atoms with Gasteiger partial charge < -0.3 is 34.2 Å². The number of anilines is 1. The normalized spacial score (nSPS) is 25.0. The molecule has 4 aliphatic rings. The first-order valence-corrected chi connectivity index (χ1v) is 18.7. The minimum atomic E-state index is -0.975. The van der Waals surface area contributed by atoms with Crippen LogP contribution in [0.3, 0.4) is 0 Å². The van der Waals surface area contributed by atoms with Gasteiger partial charge in [-0.15, -0.1) is 0 Å². The van der Waals surface area contributed by atoms with Gasteiger partial charge in [-0.2, -0.15) is 9.97 Å². The molecule has 1 amide bonds. The second kappa shape index (κ2) is 14.1. The van der Waals surface area contributed by atoms with Crippen LogP contribution in [-0.4, -0.2) is 117 Å². The maximum atomic E-state index is 17.0. The zero-order valence-electron chi connectivity index (χ0n) is 30.2. The lowest BCUT2D eigenvalue weighted by molar-refractivity contribution is 0.0138. The number of aromatic nitrogens is 3. The molecule has 282 valence electrons. The molecule has 0 aliphatic carbocycles. The van der Waals surface area contributed by atoms with Crippen molar-refractivity contribution >= 4 is 33.6 Å². The summed E-state index contributed by atoms with van der Waals surface area (Å²) in [7, 11) is 0. The average molecular weight is 733 g/mol. The molecule has 8 rings (SSSR count). The summed E-state index contributed by atoms with van der Waals surface area (Å²) in [5.41, 5.74) is -0.737. The fourth-order valence-corrected chi connectivity index (χ4v) is 8.94. The second-order valence-corrected chi connectivity index (χ2v) is 15.2. The van der Waals surface area contributed by atoms with Gasteiger partial charge in [-0.1, -0.05) is 13.0 Å². The summed E-state index contributed by atoms with van der Waals surface area (Å²) in [5.74, 6) is -0.863. The molecule has 2 N–H and O–H groups in total. The van der Waals surface area contributed by atoms with Crippen molar-refractivity contribution in [3.8, 4) is 23.0 Å². The number of nitrogens with zero attached hydrogens (tertiary/aromatic N) is 6. The van der Waals surface area contributed by atoms with Gasteiger partial charge in [0.1, 0.15) is 41.8 Å². The summed E-state index contributed by atoms with van der Waals surface area (Å²) in [6.45, 7) is 7.93. The Morgan fingerprint density at radius 3 is 2.68 bits per heavy atom. The van der Waals surface area contributed by atoms with Crippen molar-refractivity contribution < 1.29 is 38.0 Å². The standard InChI is InChI=1S/C39H46F2N6O6/c1-3-27-30(40)7-6-24-18-26(48)19-28(31(24)27)33-32(41)34-29(20-42-33)35(46-12-4-9-38(2,50)22-46)44-36(43-34)53-23-39-10-5-13-47(39)25(8-11-39)21-52-37(49)45-14-16-51-17-15-45/h6-7,18-20,25,48,50H,3-5,8-17,21-23H2,1-2H3/t25-,38+,39-/m0/s1. The molecule has 2 aromatic carbocycles. The summed E-state index contributed by atoms with van der Waals surface area (Å²) < 4.78 is 49.6. The number of halogens is 2. The van der Waals surface area contributed by atoms with Gasteiger partial charge in [0.05, 0.1) is 29.7 Å². The SMILES string of the molecule is CCc1c(F)ccc2cc(O)cc(-c3ncc4c(N5CCC[C@@](C)(O)C5)nc(OC[C@@]56CCCN5[C@H](COC(=O)N5CCOCC5)CC6)nc4c3F)c12. The number of phenolic OH excluding ortho intramolecular Hbond substituents is 1. The number of piperidine rings is 1. The molecule has 4 aromatic rings. The largest absolute Gasteiger partial charge is 0.508 e. The smallest absolute Gasteiger partial charge is 0.409 e. The number of fused-ring (bicyclic) bond motifs is 3. The van der Waals surface area contributed by atoms with Crippen molar-refractivity contribution in [2.45, 2.75) is 76.0 Å². The van der Waals surface area contributed by atoms with E-state index in [-0.39, 0.29) is 66.0 Å². The molecule has 53 heavy (non-hydrogen) atoms. The number of benzene rings is 2. The van der Waals surface area contributed by atoms with Crippen LogP contribution in [0.25, 0.3) is 32.9 Å². The Balaban J connectivity index is 1.13. The van der Waals surface area contributed by atoms with Crippen LogP contribution in [0.4, 0.5) is 19.4 Å². The number of aromatic hydroxyl groups is 1. The number of ether oxygens (including phenoxy) is 3. The minimum absolute atomic E-state index is 0.00162. The average Bonchev–Trinajstić information content (AvgIpc) is 3.72. The number of pyridine rings is 1. The highest BCUT2D eigenvalue weighted by molar-refractivity contribution is 6.01. The van der Waals surface area contributed by atoms with Crippen LogP contribution in [0.15, 0.2) is 30.5 Å². The molecule has 0 unspecified atom stereocenters. The molecule has 6 heterocycles. The number of morpholine rings is 1. The molecule has 4 saturated heterocycles.